The number of alkyl halides is 1. The van der Waals surface area contributed by atoms with E-state index in [1.54, 1.807) is 12.3 Å². The summed E-state index contributed by atoms with van der Waals surface area (Å²) in [5, 5.41) is 0.863. The van der Waals surface area contributed by atoms with Gasteiger partial charge in [-0.3, -0.25) is 4.98 Å². The van der Waals surface area contributed by atoms with Gasteiger partial charge in [-0.2, -0.15) is 0 Å². The minimum absolute atomic E-state index is 0.0855. The van der Waals surface area contributed by atoms with Gasteiger partial charge in [0.05, 0.1) is 6.20 Å². The van der Waals surface area contributed by atoms with E-state index in [2.05, 4.69) is 34.8 Å². The van der Waals surface area contributed by atoms with Crippen LogP contribution in [0.5, 0.6) is 0 Å². The Morgan fingerprint density at radius 2 is 2.23 bits per heavy atom. The van der Waals surface area contributed by atoms with Crippen molar-refractivity contribution in [2.24, 2.45) is 5.41 Å². The first-order valence-corrected chi connectivity index (χ1v) is 5.32. The number of nitrogens with zero attached hydrogens (tertiary/aromatic N) is 1. The van der Waals surface area contributed by atoms with Gasteiger partial charge in [0.25, 0.3) is 0 Å². The SMILES string of the molecule is CC(C)(CBr)Cc1ccncc1F. The Labute approximate surface area is 86.5 Å². The molecule has 1 heterocycles. The molecule has 0 atom stereocenters. The average molecular weight is 246 g/mol. The Bertz CT molecular complexity index is 286. The van der Waals surface area contributed by atoms with Gasteiger partial charge in [-0.05, 0) is 23.5 Å². The second-order valence-electron chi connectivity index (χ2n) is 3.94. The van der Waals surface area contributed by atoms with Gasteiger partial charge in [0.2, 0.25) is 0 Å². The minimum atomic E-state index is -0.212. The predicted octanol–water partition coefficient (Wildman–Crippen LogP) is 3.18. The third-order valence-corrected chi connectivity index (χ3v) is 3.41. The highest BCUT2D eigenvalue weighted by Crippen LogP contribution is 2.24. The molecule has 72 valence electrons. The van der Waals surface area contributed by atoms with E-state index in [9.17, 15) is 4.39 Å². The van der Waals surface area contributed by atoms with Crippen molar-refractivity contribution in [1.82, 2.24) is 4.98 Å². The fourth-order valence-corrected chi connectivity index (χ4v) is 1.31. The van der Waals surface area contributed by atoms with Crippen molar-refractivity contribution in [3.8, 4) is 0 Å². The van der Waals surface area contributed by atoms with Crippen molar-refractivity contribution >= 4 is 15.9 Å². The highest BCUT2D eigenvalue weighted by atomic mass is 79.9. The van der Waals surface area contributed by atoms with Crippen molar-refractivity contribution in [2.75, 3.05) is 5.33 Å². The largest absolute Gasteiger partial charge is 0.262 e. The van der Waals surface area contributed by atoms with Crippen molar-refractivity contribution in [2.45, 2.75) is 20.3 Å². The van der Waals surface area contributed by atoms with Crippen molar-refractivity contribution in [1.29, 1.82) is 0 Å². The first-order chi connectivity index (χ1) is 6.05. The Balaban J connectivity index is 2.80. The van der Waals surface area contributed by atoms with E-state index in [1.165, 1.54) is 6.20 Å². The second-order valence-corrected chi connectivity index (χ2v) is 4.50. The van der Waals surface area contributed by atoms with Crippen molar-refractivity contribution in [3.63, 3.8) is 0 Å². The lowest BCUT2D eigenvalue weighted by Gasteiger charge is -2.21. The predicted molar refractivity (Wildman–Crippen MR) is 55.5 cm³/mol. The van der Waals surface area contributed by atoms with E-state index in [1.807, 2.05) is 0 Å². The normalized spacial score (nSPS) is 11.7. The molecule has 0 N–H and O–H groups in total. The maximum absolute atomic E-state index is 13.2. The van der Waals surface area contributed by atoms with Gasteiger partial charge >= 0.3 is 0 Å². The molecular formula is C10H13BrFN. The summed E-state index contributed by atoms with van der Waals surface area (Å²) in [6, 6.07) is 1.74. The molecular weight excluding hydrogens is 233 g/mol. The average Bonchev–Trinajstić information content (AvgIpc) is 2.09. The van der Waals surface area contributed by atoms with Gasteiger partial charge in [-0.25, -0.2) is 4.39 Å². The Morgan fingerprint density at radius 1 is 1.54 bits per heavy atom. The zero-order valence-electron chi connectivity index (χ0n) is 7.85. The molecule has 0 radical (unpaired) electrons. The highest BCUT2D eigenvalue weighted by molar-refractivity contribution is 9.09. The summed E-state index contributed by atoms with van der Waals surface area (Å²) >= 11 is 3.41. The summed E-state index contributed by atoms with van der Waals surface area (Å²) in [5.74, 6) is -0.212. The van der Waals surface area contributed by atoms with Crippen LogP contribution < -0.4 is 0 Å². The molecule has 0 bridgehead atoms. The molecule has 1 aromatic rings. The summed E-state index contributed by atoms with van der Waals surface area (Å²) in [5.41, 5.74) is 0.821. The van der Waals surface area contributed by atoms with Gasteiger partial charge in [0, 0.05) is 11.5 Å². The molecule has 1 aromatic heterocycles. The third kappa shape index (κ3) is 3.07. The van der Waals surface area contributed by atoms with Gasteiger partial charge in [-0.15, -0.1) is 0 Å². The quantitative estimate of drug-likeness (QED) is 0.746. The summed E-state index contributed by atoms with van der Waals surface area (Å²) in [6.45, 7) is 4.20. The fourth-order valence-electron chi connectivity index (χ4n) is 1.11. The van der Waals surface area contributed by atoms with Crippen LogP contribution in [0.2, 0.25) is 0 Å². The topological polar surface area (TPSA) is 12.9 Å². The lowest BCUT2D eigenvalue weighted by molar-refractivity contribution is 0.414. The van der Waals surface area contributed by atoms with Crippen molar-refractivity contribution in [3.05, 3.63) is 29.8 Å². The van der Waals surface area contributed by atoms with Crippen LogP contribution in [0.4, 0.5) is 4.39 Å². The lowest BCUT2D eigenvalue weighted by atomic mass is 9.88. The molecule has 1 rings (SSSR count). The van der Waals surface area contributed by atoms with E-state index in [0.29, 0.717) is 0 Å². The molecule has 0 aliphatic rings. The molecule has 3 heteroatoms. The number of pyridine rings is 1. The smallest absolute Gasteiger partial charge is 0.144 e. The third-order valence-electron chi connectivity index (χ3n) is 1.89. The van der Waals surface area contributed by atoms with Crippen LogP contribution in [0.25, 0.3) is 0 Å². The first kappa shape index (κ1) is 10.6. The van der Waals surface area contributed by atoms with Gasteiger partial charge in [0.1, 0.15) is 5.82 Å². The fraction of sp³-hybridized carbons (Fsp3) is 0.500. The maximum Gasteiger partial charge on any atom is 0.144 e. The molecule has 13 heavy (non-hydrogen) atoms. The number of aromatic nitrogens is 1. The molecule has 0 saturated carbocycles. The maximum atomic E-state index is 13.2. The van der Waals surface area contributed by atoms with Crippen LogP contribution in [-0.4, -0.2) is 10.3 Å². The number of halogens is 2. The van der Waals surface area contributed by atoms with Gasteiger partial charge in [0.15, 0.2) is 0 Å². The zero-order valence-corrected chi connectivity index (χ0v) is 9.44. The Hall–Kier alpha value is -0.440. The summed E-state index contributed by atoms with van der Waals surface area (Å²) in [6.07, 6.45) is 3.62. The van der Waals surface area contributed by atoms with Crippen LogP contribution >= 0.6 is 15.9 Å². The monoisotopic (exact) mass is 245 g/mol. The van der Waals surface area contributed by atoms with Gasteiger partial charge in [-0.1, -0.05) is 29.8 Å². The molecule has 0 saturated heterocycles. The van der Waals surface area contributed by atoms with Gasteiger partial charge < -0.3 is 0 Å². The van der Waals surface area contributed by atoms with Crippen LogP contribution in [0, 0.1) is 11.2 Å². The van der Waals surface area contributed by atoms with Crippen LogP contribution in [-0.2, 0) is 6.42 Å². The van der Waals surface area contributed by atoms with Crippen LogP contribution in [0.15, 0.2) is 18.5 Å². The van der Waals surface area contributed by atoms with E-state index in [4.69, 9.17) is 0 Å². The Kier molecular flexibility index (Phi) is 3.42. The molecule has 0 amide bonds. The van der Waals surface area contributed by atoms with Crippen LogP contribution in [0.1, 0.15) is 19.4 Å². The standard InChI is InChI=1S/C10H13BrFN/c1-10(2,7-11)5-8-3-4-13-6-9(8)12/h3-4,6H,5,7H2,1-2H3. The number of hydrogen-bond acceptors (Lipinski definition) is 1. The van der Waals surface area contributed by atoms with Crippen LogP contribution in [0.3, 0.4) is 0 Å². The molecule has 0 aromatic carbocycles. The van der Waals surface area contributed by atoms with E-state index >= 15 is 0 Å². The molecule has 1 nitrogen and oxygen atoms in total. The number of rotatable bonds is 3. The molecule has 0 aliphatic heterocycles. The zero-order chi connectivity index (χ0) is 9.90. The minimum Gasteiger partial charge on any atom is -0.262 e. The first-order valence-electron chi connectivity index (χ1n) is 4.19. The number of hydrogen-bond donors (Lipinski definition) is 0. The van der Waals surface area contributed by atoms with Crippen molar-refractivity contribution < 1.29 is 4.39 Å². The molecule has 0 fully saturated rings. The summed E-state index contributed by atoms with van der Waals surface area (Å²) < 4.78 is 13.2. The van der Waals surface area contributed by atoms with E-state index in [-0.39, 0.29) is 11.2 Å². The molecule has 0 unspecified atom stereocenters. The highest BCUT2D eigenvalue weighted by Gasteiger charge is 2.18. The molecule has 0 spiro atoms. The molecule has 0 aliphatic carbocycles. The summed E-state index contributed by atoms with van der Waals surface area (Å²) in [7, 11) is 0. The summed E-state index contributed by atoms with van der Waals surface area (Å²) in [4.78, 5) is 3.71. The van der Waals surface area contributed by atoms with E-state index < -0.39 is 0 Å². The second kappa shape index (κ2) is 4.18. The van der Waals surface area contributed by atoms with E-state index in [0.717, 1.165) is 17.3 Å². The lowest BCUT2D eigenvalue weighted by Crippen LogP contribution is -2.17. The Morgan fingerprint density at radius 3 is 2.77 bits per heavy atom.